The molecule has 1 aliphatic heterocycles. The van der Waals surface area contributed by atoms with E-state index in [0.29, 0.717) is 13.1 Å². The summed E-state index contributed by atoms with van der Waals surface area (Å²) >= 11 is 0. The molecule has 8 heteroatoms. The number of amides is 1. The molecule has 0 atom stereocenters. The maximum atomic E-state index is 13.1. The van der Waals surface area contributed by atoms with Crippen LogP contribution in [0.5, 0.6) is 0 Å². The van der Waals surface area contributed by atoms with E-state index < -0.39 is 17.6 Å². The summed E-state index contributed by atoms with van der Waals surface area (Å²) < 4.78 is 39.3. The summed E-state index contributed by atoms with van der Waals surface area (Å²) in [6.07, 6.45) is 1.88. The number of carbonyl (C=O) groups excluding carboxylic acids is 1. The summed E-state index contributed by atoms with van der Waals surface area (Å²) in [5.41, 5.74) is -0.822. The molecule has 1 fully saturated rings. The van der Waals surface area contributed by atoms with E-state index in [2.05, 4.69) is 4.90 Å². The lowest BCUT2D eigenvalue weighted by Gasteiger charge is -2.33. The number of nitrogens with zero attached hydrogens (tertiary/aromatic N) is 3. The molecule has 152 valence electrons. The Morgan fingerprint density at radius 1 is 1.21 bits per heavy atom. The van der Waals surface area contributed by atoms with Gasteiger partial charge >= 0.3 is 6.18 Å². The first kappa shape index (κ1) is 21.8. The second-order valence-corrected chi connectivity index (χ2v) is 6.63. The first-order chi connectivity index (χ1) is 13.2. The van der Waals surface area contributed by atoms with Crippen molar-refractivity contribution in [1.29, 1.82) is 5.41 Å². The number of alkyl halides is 3. The number of carbonyl (C=O) groups is 1. The quantitative estimate of drug-likeness (QED) is 0.473. The topological polar surface area (TPSA) is 50.6 Å². The number of anilines is 1. The van der Waals surface area contributed by atoms with Crippen LogP contribution in [0.25, 0.3) is 0 Å². The Morgan fingerprint density at radius 3 is 2.50 bits per heavy atom. The molecule has 0 radical (unpaired) electrons. The Labute approximate surface area is 163 Å². The Bertz CT molecular complexity index is 750. The molecule has 5 nitrogen and oxygen atoms in total. The van der Waals surface area contributed by atoms with Gasteiger partial charge in [-0.15, -0.1) is 0 Å². The van der Waals surface area contributed by atoms with Crippen LogP contribution >= 0.6 is 0 Å². The highest BCUT2D eigenvalue weighted by Crippen LogP contribution is 2.31. The smallest absolute Gasteiger partial charge is 0.304 e. The lowest BCUT2D eigenvalue weighted by Crippen LogP contribution is -2.49. The highest BCUT2D eigenvalue weighted by molar-refractivity contribution is 6.20. The van der Waals surface area contributed by atoms with Gasteiger partial charge in [-0.3, -0.25) is 20.0 Å². The van der Waals surface area contributed by atoms with Crippen molar-refractivity contribution in [3.05, 3.63) is 54.1 Å². The van der Waals surface area contributed by atoms with Gasteiger partial charge < -0.3 is 4.90 Å². The second-order valence-electron chi connectivity index (χ2n) is 6.63. The minimum atomic E-state index is -4.52. The number of piperazine rings is 1. The molecular formula is C20H25F3N4O. The number of likely N-dealkylation sites (N-methyl/N-ethyl adjacent to an activating group) is 1. The monoisotopic (exact) mass is 394 g/mol. The molecule has 2 rings (SSSR count). The number of hydrogen-bond acceptors (Lipinski definition) is 4. The molecule has 1 saturated heterocycles. The van der Waals surface area contributed by atoms with Gasteiger partial charge in [0.05, 0.1) is 17.8 Å². The molecule has 1 N–H and O–H groups in total. The third kappa shape index (κ3) is 6.03. The molecule has 1 aromatic rings. The molecule has 1 amide bonds. The summed E-state index contributed by atoms with van der Waals surface area (Å²) in [7, 11) is 2.00. The predicted molar refractivity (Wildman–Crippen MR) is 105 cm³/mol. The molecule has 0 aromatic heterocycles. The zero-order valence-electron chi connectivity index (χ0n) is 16.0. The van der Waals surface area contributed by atoms with Crippen molar-refractivity contribution in [1.82, 2.24) is 9.80 Å². The lowest BCUT2D eigenvalue weighted by atomic mass is 10.1. The van der Waals surface area contributed by atoms with Crippen LogP contribution in [-0.2, 0) is 11.0 Å². The summed E-state index contributed by atoms with van der Waals surface area (Å²) in [5, 5.41) is 8.24. The highest BCUT2D eigenvalue weighted by atomic mass is 19.4. The van der Waals surface area contributed by atoms with Crippen molar-refractivity contribution < 1.29 is 18.0 Å². The van der Waals surface area contributed by atoms with Crippen LogP contribution in [0.2, 0.25) is 0 Å². The fourth-order valence-electron chi connectivity index (χ4n) is 2.84. The van der Waals surface area contributed by atoms with Crippen LogP contribution in [0.15, 0.2) is 48.6 Å². The van der Waals surface area contributed by atoms with E-state index in [9.17, 15) is 18.0 Å². The molecule has 0 saturated carbocycles. The Morgan fingerprint density at radius 2 is 1.89 bits per heavy atom. The molecule has 0 bridgehead atoms. The molecule has 0 unspecified atom stereocenters. The van der Waals surface area contributed by atoms with Gasteiger partial charge in [-0.25, -0.2) is 0 Å². The molecular weight excluding hydrogens is 369 g/mol. The van der Waals surface area contributed by atoms with Gasteiger partial charge in [0.2, 0.25) is 5.91 Å². The van der Waals surface area contributed by atoms with Crippen molar-refractivity contribution in [2.75, 3.05) is 44.7 Å². The zero-order chi connectivity index (χ0) is 20.7. The number of amidine groups is 1. The van der Waals surface area contributed by atoms with E-state index in [1.54, 1.807) is 25.2 Å². The number of halogens is 3. The summed E-state index contributed by atoms with van der Waals surface area (Å²) in [6.45, 7) is 4.87. The van der Waals surface area contributed by atoms with Gasteiger partial charge in [-0.05, 0) is 38.2 Å². The van der Waals surface area contributed by atoms with Crippen molar-refractivity contribution in [2.24, 2.45) is 0 Å². The van der Waals surface area contributed by atoms with Gasteiger partial charge in [0.25, 0.3) is 0 Å². The van der Waals surface area contributed by atoms with Crippen LogP contribution in [-0.4, -0.2) is 61.3 Å². The van der Waals surface area contributed by atoms with Crippen LogP contribution in [0.1, 0.15) is 12.5 Å². The number of nitrogens with one attached hydrogen (secondary N) is 1. The Hall–Kier alpha value is -2.45. The Kier molecular flexibility index (Phi) is 7.53. The third-order valence-corrected chi connectivity index (χ3v) is 4.43. The van der Waals surface area contributed by atoms with Gasteiger partial charge in [-0.1, -0.05) is 24.3 Å². The van der Waals surface area contributed by atoms with E-state index in [4.69, 9.17) is 5.41 Å². The predicted octanol–water partition coefficient (Wildman–Crippen LogP) is 3.40. The second kappa shape index (κ2) is 9.66. The van der Waals surface area contributed by atoms with Crippen molar-refractivity contribution >= 4 is 17.4 Å². The van der Waals surface area contributed by atoms with Gasteiger partial charge in [-0.2, -0.15) is 13.2 Å². The maximum Gasteiger partial charge on any atom is 0.416 e. The fourth-order valence-corrected chi connectivity index (χ4v) is 2.84. The normalized spacial score (nSPS) is 16.8. The summed E-state index contributed by atoms with van der Waals surface area (Å²) in [4.78, 5) is 18.1. The van der Waals surface area contributed by atoms with Crippen molar-refractivity contribution in [3.63, 3.8) is 0 Å². The maximum absolute atomic E-state index is 13.1. The highest BCUT2D eigenvalue weighted by Gasteiger charge is 2.32. The number of rotatable bonds is 5. The van der Waals surface area contributed by atoms with Crippen molar-refractivity contribution in [3.8, 4) is 0 Å². The Balaban J connectivity index is 2.29. The fraction of sp³-hybridized carbons (Fsp3) is 0.400. The largest absolute Gasteiger partial charge is 0.416 e. The lowest BCUT2D eigenvalue weighted by molar-refractivity contribution is -0.137. The SMILES string of the molecule is C/C=C\C=C/C(=N)N(C(=O)CN1CCN(C)CC1)c1cccc(C(F)(F)F)c1. The molecule has 0 spiro atoms. The van der Waals surface area contributed by atoms with Gasteiger partial charge in [0, 0.05) is 26.2 Å². The number of hydrogen-bond donors (Lipinski definition) is 1. The van der Waals surface area contributed by atoms with Crippen molar-refractivity contribution in [2.45, 2.75) is 13.1 Å². The van der Waals surface area contributed by atoms with Crippen LogP contribution in [0, 0.1) is 5.41 Å². The van der Waals surface area contributed by atoms with Crippen LogP contribution in [0.3, 0.4) is 0 Å². The summed E-state index contributed by atoms with van der Waals surface area (Å²) in [5.74, 6) is -0.615. The third-order valence-electron chi connectivity index (χ3n) is 4.43. The zero-order valence-corrected chi connectivity index (χ0v) is 16.0. The van der Waals surface area contributed by atoms with E-state index in [1.165, 1.54) is 18.2 Å². The minimum absolute atomic E-state index is 0.0316. The average molecular weight is 394 g/mol. The standard InChI is InChI=1S/C20H25F3N4O/c1-3-4-5-9-18(24)27(17-8-6-7-16(14-17)20(21,22)23)19(28)15-26-12-10-25(2)11-13-26/h3-9,14,24H,10-13,15H2,1-2H3/b4-3-,9-5-,24-18?. The number of benzene rings is 1. The first-order valence-corrected chi connectivity index (χ1v) is 9.01. The van der Waals surface area contributed by atoms with Crippen LogP contribution in [0.4, 0.5) is 18.9 Å². The molecule has 28 heavy (non-hydrogen) atoms. The van der Waals surface area contributed by atoms with Gasteiger partial charge in [0.1, 0.15) is 5.84 Å². The average Bonchev–Trinajstić information content (AvgIpc) is 2.63. The van der Waals surface area contributed by atoms with E-state index in [-0.39, 0.29) is 18.1 Å². The summed E-state index contributed by atoms with van der Waals surface area (Å²) in [6, 6.07) is 4.51. The first-order valence-electron chi connectivity index (χ1n) is 9.01. The van der Waals surface area contributed by atoms with Crippen LogP contribution < -0.4 is 4.90 Å². The number of allylic oxidation sites excluding steroid dienone is 3. The van der Waals surface area contributed by atoms with Gasteiger partial charge in [0.15, 0.2) is 0 Å². The molecule has 1 aromatic carbocycles. The van der Waals surface area contributed by atoms with E-state index in [0.717, 1.165) is 30.1 Å². The molecule has 1 heterocycles. The molecule has 1 aliphatic rings. The minimum Gasteiger partial charge on any atom is -0.304 e. The van der Waals surface area contributed by atoms with E-state index >= 15 is 0 Å². The molecule has 0 aliphatic carbocycles. The van der Waals surface area contributed by atoms with E-state index in [1.807, 2.05) is 11.9 Å².